The molecule has 0 aliphatic rings. The van der Waals surface area contributed by atoms with Crippen LogP contribution in [0.25, 0.3) is 0 Å². The molecule has 0 bridgehead atoms. The van der Waals surface area contributed by atoms with Gasteiger partial charge in [0, 0.05) is 6.54 Å². The molecule has 0 saturated heterocycles. The molecule has 2 aromatic rings. The minimum Gasteiger partial charge on any atom is -0.493 e. The van der Waals surface area contributed by atoms with E-state index in [1.54, 1.807) is 20.3 Å². The second-order valence-corrected chi connectivity index (χ2v) is 8.30. The molecule has 0 spiro atoms. The summed E-state index contributed by atoms with van der Waals surface area (Å²) in [7, 11) is -0.658. The number of benzene rings is 2. The van der Waals surface area contributed by atoms with Crippen molar-refractivity contribution in [1.82, 2.24) is 5.32 Å². The van der Waals surface area contributed by atoms with Gasteiger partial charge in [-0.15, -0.1) is 0 Å². The van der Waals surface area contributed by atoms with Gasteiger partial charge in [-0.2, -0.15) is 0 Å². The summed E-state index contributed by atoms with van der Waals surface area (Å²) in [5, 5.41) is 2.74. The molecule has 0 aliphatic heterocycles. The van der Waals surface area contributed by atoms with Crippen molar-refractivity contribution in [3.8, 4) is 11.5 Å². The fourth-order valence-corrected chi connectivity index (χ4v) is 4.09. The first kappa shape index (κ1) is 22.5. The number of ether oxygens (including phenoxy) is 2. The van der Waals surface area contributed by atoms with Gasteiger partial charge in [-0.1, -0.05) is 6.07 Å². The zero-order valence-corrected chi connectivity index (χ0v) is 17.6. The van der Waals surface area contributed by atoms with Gasteiger partial charge in [0.1, 0.15) is 11.9 Å². The highest BCUT2D eigenvalue weighted by Gasteiger charge is 2.28. The van der Waals surface area contributed by atoms with E-state index in [0.29, 0.717) is 24.5 Å². The number of carbonyl (C=O) groups excluding carboxylic acids is 1. The Morgan fingerprint density at radius 2 is 1.72 bits per heavy atom. The Bertz CT molecular complexity index is 948. The predicted molar refractivity (Wildman–Crippen MR) is 109 cm³/mol. The topological polar surface area (TPSA) is 84.9 Å². The summed E-state index contributed by atoms with van der Waals surface area (Å²) in [6, 6.07) is 9.39. The van der Waals surface area contributed by atoms with Crippen LogP contribution in [0.2, 0.25) is 0 Å². The second kappa shape index (κ2) is 9.60. The Morgan fingerprint density at radius 1 is 1.10 bits per heavy atom. The molecular formula is C20H25FN2O5S. The molecule has 0 heterocycles. The van der Waals surface area contributed by atoms with E-state index < -0.39 is 27.8 Å². The highest BCUT2D eigenvalue weighted by atomic mass is 32.2. The minimum atomic E-state index is -3.75. The van der Waals surface area contributed by atoms with Crippen LogP contribution in [0, 0.1) is 5.82 Å². The molecule has 1 amide bonds. The van der Waals surface area contributed by atoms with Crippen molar-refractivity contribution in [2.24, 2.45) is 0 Å². The van der Waals surface area contributed by atoms with Gasteiger partial charge in [-0.25, -0.2) is 12.8 Å². The number of nitrogens with one attached hydrogen (secondary N) is 1. The van der Waals surface area contributed by atoms with Crippen molar-refractivity contribution in [1.29, 1.82) is 0 Å². The van der Waals surface area contributed by atoms with Crippen LogP contribution in [-0.2, 0) is 21.2 Å². The molecule has 0 fully saturated rings. The van der Waals surface area contributed by atoms with Gasteiger partial charge in [0.25, 0.3) is 0 Å². The van der Waals surface area contributed by atoms with Crippen LogP contribution in [0.15, 0.2) is 42.5 Å². The molecule has 9 heteroatoms. The minimum absolute atomic E-state index is 0.219. The van der Waals surface area contributed by atoms with E-state index in [0.717, 1.165) is 28.3 Å². The number of nitrogens with zero attached hydrogens (tertiary/aromatic N) is 1. The van der Waals surface area contributed by atoms with Crippen molar-refractivity contribution < 1.29 is 27.1 Å². The summed E-state index contributed by atoms with van der Waals surface area (Å²) in [6.07, 6.45) is 1.53. The van der Waals surface area contributed by atoms with E-state index in [-0.39, 0.29) is 5.69 Å². The summed E-state index contributed by atoms with van der Waals surface area (Å²) in [6.45, 7) is 1.79. The predicted octanol–water partition coefficient (Wildman–Crippen LogP) is 2.36. The summed E-state index contributed by atoms with van der Waals surface area (Å²) >= 11 is 0. The van der Waals surface area contributed by atoms with Gasteiger partial charge in [0.2, 0.25) is 15.9 Å². The van der Waals surface area contributed by atoms with E-state index in [2.05, 4.69) is 5.32 Å². The maximum atomic E-state index is 13.2. The van der Waals surface area contributed by atoms with Crippen molar-refractivity contribution in [3.63, 3.8) is 0 Å². The standard InChI is InChI=1S/C20H25FN2O5S/c1-14(23(29(4,25)26)17-8-6-16(21)7-9-17)20(24)22-12-11-15-5-10-18(27-2)19(13-15)28-3/h5-10,13-14H,11-12H2,1-4H3,(H,22,24). The number of methoxy groups -OCH3 is 2. The van der Waals surface area contributed by atoms with Gasteiger partial charge in [-0.3, -0.25) is 9.10 Å². The number of amides is 1. The summed E-state index contributed by atoms with van der Waals surface area (Å²) in [5.74, 6) is 0.246. The SMILES string of the molecule is COc1ccc(CCNC(=O)C(C)N(c2ccc(F)cc2)S(C)(=O)=O)cc1OC. The second-order valence-electron chi connectivity index (χ2n) is 6.44. The van der Waals surface area contributed by atoms with Crippen molar-refractivity contribution in [3.05, 3.63) is 53.8 Å². The number of anilines is 1. The largest absolute Gasteiger partial charge is 0.493 e. The van der Waals surface area contributed by atoms with Crippen LogP contribution in [0.4, 0.5) is 10.1 Å². The summed E-state index contributed by atoms with van der Waals surface area (Å²) in [5.41, 5.74) is 1.14. The summed E-state index contributed by atoms with van der Waals surface area (Å²) < 4.78 is 49.0. The van der Waals surface area contributed by atoms with E-state index in [1.165, 1.54) is 19.1 Å². The average molecular weight is 424 g/mol. The molecule has 0 aliphatic carbocycles. The third-order valence-electron chi connectivity index (χ3n) is 4.33. The van der Waals surface area contributed by atoms with Crippen LogP contribution in [0.3, 0.4) is 0 Å². The Morgan fingerprint density at radius 3 is 2.28 bits per heavy atom. The molecule has 2 aromatic carbocycles. The molecule has 29 heavy (non-hydrogen) atoms. The fourth-order valence-electron chi connectivity index (χ4n) is 2.91. The lowest BCUT2D eigenvalue weighted by Crippen LogP contribution is -2.48. The normalized spacial score (nSPS) is 12.2. The molecule has 7 nitrogen and oxygen atoms in total. The van der Waals surface area contributed by atoms with E-state index in [1.807, 2.05) is 12.1 Å². The highest BCUT2D eigenvalue weighted by Crippen LogP contribution is 2.27. The molecule has 1 unspecified atom stereocenters. The molecule has 1 N–H and O–H groups in total. The maximum Gasteiger partial charge on any atom is 0.243 e. The first-order chi connectivity index (χ1) is 13.7. The Labute approximate surface area is 170 Å². The zero-order valence-electron chi connectivity index (χ0n) is 16.8. The third kappa shape index (κ3) is 5.83. The number of sulfonamides is 1. The summed E-state index contributed by atoms with van der Waals surface area (Å²) in [4.78, 5) is 12.5. The van der Waals surface area contributed by atoms with Crippen LogP contribution >= 0.6 is 0 Å². The monoisotopic (exact) mass is 424 g/mol. The smallest absolute Gasteiger partial charge is 0.243 e. The molecule has 0 radical (unpaired) electrons. The third-order valence-corrected chi connectivity index (χ3v) is 5.57. The van der Waals surface area contributed by atoms with Gasteiger partial charge < -0.3 is 14.8 Å². The van der Waals surface area contributed by atoms with E-state index in [9.17, 15) is 17.6 Å². The molecule has 2 rings (SSSR count). The quantitative estimate of drug-likeness (QED) is 0.668. The van der Waals surface area contributed by atoms with Gasteiger partial charge >= 0.3 is 0 Å². The van der Waals surface area contributed by atoms with Gasteiger partial charge in [-0.05, 0) is 55.3 Å². The van der Waals surface area contributed by atoms with Crippen LogP contribution in [0.1, 0.15) is 12.5 Å². The average Bonchev–Trinajstić information content (AvgIpc) is 2.68. The maximum absolute atomic E-state index is 13.2. The van der Waals surface area contributed by atoms with E-state index in [4.69, 9.17) is 9.47 Å². The Kier molecular flexibility index (Phi) is 7.44. The van der Waals surface area contributed by atoms with Gasteiger partial charge in [0.15, 0.2) is 11.5 Å². The first-order valence-corrected chi connectivity index (χ1v) is 10.8. The Balaban J connectivity index is 2.05. The number of hydrogen-bond donors (Lipinski definition) is 1. The highest BCUT2D eigenvalue weighted by molar-refractivity contribution is 7.92. The Hall–Kier alpha value is -2.81. The van der Waals surface area contributed by atoms with Crippen molar-refractivity contribution in [2.75, 3.05) is 31.3 Å². The first-order valence-electron chi connectivity index (χ1n) is 8.91. The molecule has 0 aromatic heterocycles. The number of hydrogen-bond acceptors (Lipinski definition) is 5. The fraction of sp³-hybridized carbons (Fsp3) is 0.350. The van der Waals surface area contributed by atoms with Crippen molar-refractivity contribution >= 4 is 21.6 Å². The number of carbonyl (C=O) groups is 1. The number of rotatable bonds is 9. The van der Waals surface area contributed by atoms with Crippen LogP contribution < -0.4 is 19.1 Å². The number of halogens is 1. The molecular weight excluding hydrogens is 399 g/mol. The lowest BCUT2D eigenvalue weighted by molar-refractivity contribution is -0.121. The van der Waals surface area contributed by atoms with Gasteiger partial charge in [0.05, 0.1) is 26.2 Å². The molecule has 158 valence electrons. The van der Waals surface area contributed by atoms with Crippen LogP contribution in [-0.4, -0.2) is 47.4 Å². The lowest BCUT2D eigenvalue weighted by Gasteiger charge is -2.28. The van der Waals surface area contributed by atoms with Crippen LogP contribution in [0.5, 0.6) is 11.5 Å². The molecule has 1 atom stereocenters. The van der Waals surface area contributed by atoms with E-state index >= 15 is 0 Å². The zero-order chi connectivity index (χ0) is 21.6. The molecule has 0 saturated carbocycles. The van der Waals surface area contributed by atoms with Crippen molar-refractivity contribution in [2.45, 2.75) is 19.4 Å². The lowest BCUT2D eigenvalue weighted by atomic mass is 10.1.